The molecule has 6 heteroatoms. The molecule has 2 N–H and O–H groups in total. The standard InChI is InChI=1S/C26H23N5O/c1-18(19-11-5-2-6-12-19)28-24-22-17-27-31-25(22)30-26(29-24)23(20-13-7-3-8-14-20)32-21-15-9-4-10-16-21/h2-18,23H,1H3,(H2,27,28,29,30,31)/t18-,23?/m0/s1. The van der Waals surface area contributed by atoms with E-state index in [0.717, 1.165) is 16.7 Å². The summed E-state index contributed by atoms with van der Waals surface area (Å²) >= 11 is 0. The van der Waals surface area contributed by atoms with Gasteiger partial charge in [-0.3, -0.25) is 5.10 Å². The quantitative estimate of drug-likeness (QED) is 0.353. The minimum atomic E-state index is -0.473. The molecule has 0 aliphatic heterocycles. The Morgan fingerprint density at radius 1 is 0.781 bits per heavy atom. The lowest BCUT2D eigenvalue weighted by atomic mass is 10.1. The predicted molar refractivity (Wildman–Crippen MR) is 126 cm³/mol. The number of ether oxygens (including phenoxy) is 1. The first-order valence-corrected chi connectivity index (χ1v) is 10.6. The number of aromatic nitrogens is 4. The van der Waals surface area contributed by atoms with Crippen LogP contribution in [0.4, 0.5) is 5.82 Å². The van der Waals surface area contributed by atoms with Crippen LogP contribution in [0, 0.1) is 0 Å². The maximum atomic E-state index is 6.37. The lowest BCUT2D eigenvalue weighted by Gasteiger charge is -2.21. The Balaban J connectivity index is 1.56. The Labute approximate surface area is 186 Å². The second-order valence-electron chi connectivity index (χ2n) is 7.56. The van der Waals surface area contributed by atoms with E-state index in [1.807, 2.05) is 78.9 Å². The first kappa shape index (κ1) is 19.8. The average Bonchev–Trinajstić information content (AvgIpc) is 3.33. The summed E-state index contributed by atoms with van der Waals surface area (Å²) in [5.74, 6) is 2.02. The van der Waals surface area contributed by atoms with Crippen LogP contribution in [0.2, 0.25) is 0 Å². The van der Waals surface area contributed by atoms with Gasteiger partial charge in [-0.1, -0.05) is 78.9 Å². The summed E-state index contributed by atoms with van der Waals surface area (Å²) in [5.41, 5.74) is 2.80. The highest BCUT2D eigenvalue weighted by atomic mass is 16.5. The lowest BCUT2D eigenvalue weighted by molar-refractivity contribution is 0.237. The van der Waals surface area contributed by atoms with Crippen LogP contribution in [0.3, 0.4) is 0 Å². The Morgan fingerprint density at radius 3 is 2.09 bits per heavy atom. The van der Waals surface area contributed by atoms with Crippen LogP contribution in [-0.4, -0.2) is 20.2 Å². The first-order chi connectivity index (χ1) is 15.8. The molecule has 0 saturated heterocycles. The summed E-state index contributed by atoms with van der Waals surface area (Å²) < 4.78 is 6.37. The second kappa shape index (κ2) is 8.89. The van der Waals surface area contributed by atoms with Gasteiger partial charge >= 0.3 is 0 Å². The highest BCUT2D eigenvalue weighted by molar-refractivity contribution is 5.86. The van der Waals surface area contributed by atoms with Gasteiger partial charge in [-0.2, -0.15) is 5.10 Å². The minimum absolute atomic E-state index is 0.0577. The number of H-pyrrole nitrogens is 1. The fourth-order valence-corrected chi connectivity index (χ4v) is 3.64. The van der Waals surface area contributed by atoms with Crippen molar-refractivity contribution in [2.75, 3.05) is 5.32 Å². The maximum absolute atomic E-state index is 6.37. The summed E-state index contributed by atoms with van der Waals surface area (Å²) in [6, 6.07) is 30.1. The average molecular weight is 422 g/mol. The molecule has 0 bridgehead atoms. The molecule has 0 aliphatic carbocycles. The molecule has 5 aromatic rings. The predicted octanol–water partition coefficient (Wildman–Crippen LogP) is 5.69. The summed E-state index contributed by atoms with van der Waals surface area (Å²) in [5, 5.41) is 11.5. The van der Waals surface area contributed by atoms with Gasteiger partial charge in [0.15, 0.2) is 17.6 Å². The van der Waals surface area contributed by atoms with Crippen LogP contribution in [-0.2, 0) is 0 Å². The fraction of sp³-hybridized carbons (Fsp3) is 0.115. The smallest absolute Gasteiger partial charge is 0.183 e. The van der Waals surface area contributed by atoms with E-state index >= 15 is 0 Å². The van der Waals surface area contributed by atoms with E-state index < -0.39 is 6.10 Å². The van der Waals surface area contributed by atoms with Gasteiger partial charge in [0.05, 0.1) is 11.6 Å². The van der Waals surface area contributed by atoms with Gasteiger partial charge < -0.3 is 10.1 Å². The zero-order valence-electron chi connectivity index (χ0n) is 17.6. The van der Waals surface area contributed by atoms with Crippen LogP contribution < -0.4 is 10.1 Å². The van der Waals surface area contributed by atoms with Crippen molar-refractivity contribution in [2.24, 2.45) is 0 Å². The first-order valence-electron chi connectivity index (χ1n) is 10.6. The van der Waals surface area contributed by atoms with Crippen molar-refractivity contribution in [3.63, 3.8) is 0 Å². The summed E-state index contributed by atoms with van der Waals surface area (Å²) in [4.78, 5) is 9.66. The Morgan fingerprint density at radius 2 is 1.41 bits per heavy atom. The number of fused-ring (bicyclic) bond motifs is 1. The summed E-state index contributed by atoms with van der Waals surface area (Å²) in [6.07, 6.45) is 1.27. The lowest BCUT2D eigenvalue weighted by Crippen LogP contribution is -2.16. The highest BCUT2D eigenvalue weighted by Crippen LogP contribution is 2.30. The second-order valence-corrected chi connectivity index (χ2v) is 7.56. The SMILES string of the molecule is C[C@H](Nc1nc(C(Oc2ccccc2)c2ccccc2)nc2[nH]ncc12)c1ccccc1. The third kappa shape index (κ3) is 4.16. The van der Waals surface area contributed by atoms with Crippen molar-refractivity contribution in [1.82, 2.24) is 20.2 Å². The number of anilines is 1. The monoisotopic (exact) mass is 421 g/mol. The normalized spacial score (nSPS) is 12.9. The number of benzene rings is 3. The molecule has 0 radical (unpaired) electrons. The summed E-state index contributed by atoms with van der Waals surface area (Å²) in [6.45, 7) is 2.11. The topological polar surface area (TPSA) is 75.7 Å². The molecule has 2 atom stereocenters. The van der Waals surface area contributed by atoms with Crippen molar-refractivity contribution in [1.29, 1.82) is 0 Å². The molecule has 0 fully saturated rings. The number of nitrogens with one attached hydrogen (secondary N) is 2. The fourth-order valence-electron chi connectivity index (χ4n) is 3.64. The molecule has 158 valence electrons. The van der Waals surface area contributed by atoms with E-state index in [0.29, 0.717) is 17.3 Å². The molecule has 6 nitrogen and oxygen atoms in total. The molecule has 5 rings (SSSR count). The van der Waals surface area contributed by atoms with Crippen LogP contribution in [0.25, 0.3) is 11.0 Å². The number of nitrogens with zero attached hydrogens (tertiary/aromatic N) is 3. The van der Waals surface area contributed by atoms with Gasteiger partial charge in [-0.15, -0.1) is 0 Å². The van der Waals surface area contributed by atoms with Gasteiger partial charge in [-0.25, -0.2) is 9.97 Å². The molecule has 2 aromatic heterocycles. The maximum Gasteiger partial charge on any atom is 0.183 e. The van der Waals surface area contributed by atoms with Crippen molar-refractivity contribution in [3.05, 3.63) is 114 Å². The number of para-hydroxylation sites is 1. The van der Waals surface area contributed by atoms with Gasteiger partial charge in [0.2, 0.25) is 0 Å². The zero-order chi connectivity index (χ0) is 21.8. The van der Waals surface area contributed by atoms with Gasteiger partial charge in [0.25, 0.3) is 0 Å². The highest BCUT2D eigenvalue weighted by Gasteiger charge is 2.23. The number of hydrogen-bond donors (Lipinski definition) is 2. The van der Waals surface area contributed by atoms with Gasteiger partial charge in [0, 0.05) is 11.6 Å². The van der Waals surface area contributed by atoms with Crippen molar-refractivity contribution in [3.8, 4) is 5.75 Å². The number of rotatable bonds is 7. The minimum Gasteiger partial charge on any atom is -0.478 e. The molecule has 2 heterocycles. The van der Waals surface area contributed by atoms with E-state index in [4.69, 9.17) is 14.7 Å². The van der Waals surface area contributed by atoms with E-state index in [1.165, 1.54) is 5.56 Å². The summed E-state index contributed by atoms with van der Waals surface area (Å²) in [7, 11) is 0. The molecular formula is C26H23N5O. The molecule has 0 saturated carbocycles. The van der Waals surface area contributed by atoms with Crippen LogP contribution in [0.5, 0.6) is 5.75 Å². The van der Waals surface area contributed by atoms with Crippen LogP contribution in [0.1, 0.15) is 36.0 Å². The van der Waals surface area contributed by atoms with E-state index in [-0.39, 0.29) is 6.04 Å². The molecule has 32 heavy (non-hydrogen) atoms. The van der Waals surface area contributed by atoms with E-state index in [9.17, 15) is 0 Å². The molecule has 3 aromatic carbocycles. The third-order valence-corrected chi connectivity index (χ3v) is 5.31. The Kier molecular flexibility index (Phi) is 5.49. The molecule has 1 unspecified atom stereocenters. The molecular weight excluding hydrogens is 398 g/mol. The van der Waals surface area contributed by atoms with Gasteiger partial charge in [0.1, 0.15) is 11.6 Å². The van der Waals surface area contributed by atoms with Crippen molar-refractivity contribution < 1.29 is 4.74 Å². The Bertz CT molecular complexity index is 1290. The van der Waals surface area contributed by atoms with Crippen molar-refractivity contribution in [2.45, 2.75) is 19.1 Å². The van der Waals surface area contributed by atoms with E-state index in [2.05, 4.69) is 34.6 Å². The number of hydrogen-bond acceptors (Lipinski definition) is 5. The number of aromatic amines is 1. The molecule has 0 amide bonds. The Hall–Kier alpha value is -4.19. The molecule has 0 spiro atoms. The van der Waals surface area contributed by atoms with E-state index in [1.54, 1.807) is 6.20 Å². The third-order valence-electron chi connectivity index (χ3n) is 5.31. The van der Waals surface area contributed by atoms with Crippen LogP contribution >= 0.6 is 0 Å². The largest absolute Gasteiger partial charge is 0.478 e. The molecule has 0 aliphatic rings. The van der Waals surface area contributed by atoms with Gasteiger partial charge in [-0.05, 0) is 24.6 Å². The zero-order valence-corrected chi connectivity index (χ0v) is 17.6. The van der Waals surface area contributed by atoms with Crippen molar-refractivity contribution >= 4 is 16.9 Å². The van der Waals surface area contributed by atoms with Crippen LogP contribution in [0.15, 0.2) is 97.2 Å².